The van der Waals surface area contributed by atoms with Gasteiger partial charge in [-0.3, -0.25) is 9.67 Å². The first kappa shape index (κ1) is 25.4. The molecule has 0 saturated heterocycles. The van der Waals surface area contributed by atoms with Gasteiger partial charge in [0.25, 0.3) is 0 Å². The largest absolute Gasteiger partial charge is 0.444 e. The van der Waals surface area contributed by atoms with E-state index < -0.39 is 11.7 Å². The van der Waals surface area contributed by atoms with E-state index in [2.05, 4.69) is 37.9 Å². The molecule has 0 aliphatic rings. The Morgan fingerprint density at radius 1 is 1.37 bits per heavy atom. The van der Waals surface area contributed by atoms with Crippen LogP contribution < -0.4 is 16.0 Å². The molecule has 3 N–H and O–H groups in total. The molecule has 27 heavy (non-hydrogen) atoms. The highest BCUT2D eigenvalue weighted by Gasteiger charge is 2.18. The van der Waals surface area contributed by atoms with Gasteiger partial charge in [0.05, 0.1) is 6.54 Å². The summed E-state index contributed by atoms with van der Waals surface area (Å²) in [7, 11) is 3.55. The Morgan fingerprint density at radius 2 is 2.07 bits per heavy atom. The van der Waals surface area contributed by atoms with Gasteiger partial charge >= 0.3 is 6.09 Å². The van der Waals surface area contributed by atoms with Gasteiger partial charge in [-0.25, -0.2) is 9.78 Å². The van der Waals surface area contributed by atoms with E-state index in [0.29, 0.717) is 19.0 Å². The van der Waals surface area contributed by atoms with Crippen molar-refractivity contribution in [2.75, 3.05) is 13.6 Å². The zero-order valence-corrected chi connectivity index (χ0v) is 19.5. The Labute approximate surface area is 179 Å². The third-order valence-corrected chi connectivity index (χ3v) is 3.58. The molecule has 0 radical (unpaired) electrons. The molecule has 0 aromatic carbocycles. The Balaban J connectivity index is 0.00000676. The number of hydrogen-bond acceptors (Lipinski definition) is 5. The van der Waals surface area contributed by atoms with Gasteiger partial charge in [-0.1, -0.05) is 19.8 Å². The number of carbonyl (C=O) groups is 1. The number of alkyl carbamates (subject to hydrolysis) is 1. The number of aliphatic imine (C=N–C) groups is 1. The van der Waals surface area contributed by atoms with Gasteiger partial charge < -0.3 is 20.7 Å². The number of aromatic nitrogens is 3. The number of hydrogen-bond donors (Lipinski definition) is 3. The average molecular weight is 495 g/mol. The smallest absolute Gasteiger partial charge is 0.407 e. The maximum atomic E-state index is 11.9. The number of halogens is 1. The molecular weight excluding hydrogens is 461 g/mol. The van der Waals surface area contributed by atoms with Crippen molar-refractivity contribution in [2.24, 2.45) is 12.0 Å². The minimum absolute atomic E-state index is 0. The molecule has 0 aliphatic heterocycles. The van der Waals surface area contributed by atoms with Crippen molar-refractivity contribution in [2.45, 2.75) is 65.1 Å². The van der Waals surface area contributed by atoms with Crippen LogP contribution in [0.2, 0.25) is 0 Å². The van der Waals surface area contributed by atoms with Crippen LogP contribution in [-0.2, 0) is 18.3 Å². The summed E-state index contributed by atoms with van der Waals surface area (Å²) in [6, 6.07) is 0.0492. The summed E-state index contributed by atoms with van der Waals surface area (Å²) < 4.78 is 7.00. The molecule has 1 aromatic heterocycles. The van der Waals surface area contributed by atoms with E-state index >= 15 is 0 Å². The summed E-state index contributed by atoms with van der Waals surface area (Å²) in [5.41, 5.74) is -0.510. The molecule has 1 heterocycles. The van der Waals surface area contributed by atoms with Crippen LogP contribution in [0.15, 0.2) is 11.3 Å². The fourth-order valence-electron chi connectivity index (χ4n) is 2.23. The lowest BCUT2D eigenvalue weighted by Gasteiger charge is -2.24. The van der Waals surface area contributed by atoms with Crippen molar-refractivity contribution in [1.29, 1.82) is 0 Å². The molecule has 0 fully saturated rings. The van der Waals surface area contributed by atoms with Crippen LogP contribution in [0.5, 0.6) is 0 Å². The van der Waals surface area contributed by atoms with Crippen molar-refractivity contribution >= 4 is 36.0 Å². The van der Waals surface area contributed by atoms with Gasteiger partial charge in [0.15, 0.2) is 5.96 Å². The predicted molar refractivity (Wildman–Crippen MR) is 117 cm³/mol. The molecule has 9 nitrogen and oxygen atoms in total. The number of rotatable bonds is 8. The molecule has 10 heteroatoms. The molecule has 1 unspecified atom stereocenters. The van der Waals surface area contributed by atoms with Crippen molar-refractivity contribution in [3.8, 4) is 0 Å². The van der Waals surface area contributed by atoms with E-state index in [1.54, 1.807) is 11.7 Å². The van der Waals surface area contributed by atoms with Gasteiger partial charge in [-0.15, -0.1) is 24.0 Å². The molecule has 0 spiro atoms. The van der Waals surface area contributed by atoms with Crippen molar-refractivity contribution < 1.29 is 9.53 Å². The molecule has 1 aromatic rings. The summed E-state index contributed by atoms with van der Waals surface area (Å²) in [5.74, 6) is 1.46. The number of aryl methyl sites for hydroxylation is 1. The van der Waals surface area contributed by atoms with Crippen LogP contribution in [0, 0.1) is 0 Å². The molecule has 156 valence electrons. The summed E-state index contributed by atoms with van der Waals surface area (Å²) in [6.45, 7) is 8.64. The quantitative estimate of drug-likeness (QED) is 0.290. The van der Waals surface area contributed by atoms with E-state index in [9.17, 15) is 4.79 Å². The molecule has 1 amide bonds. The Kier molecular flexibility index (Phi) is 12.0. The summed E-state index contributed by atoms with van der Waals surface area (Å²) >= 11 is 0. The fraction of sp³-hybridized carbons (Fsp3) is 0.765. The standard InChI is InChI=1S/C17H33N7O2.HI/c1-7-8-9-13(10-20-16(25)26-17(2,3)4)23-15(18-5)19-11-14-21-12-22-24(14)6;/h12-13H,7-11H2,1-6H3,(H,20,25)(H2,18,19,23);1H. The Hall–Kier alpha value is -1.59. The zero-order valence-electron chi connectivity index (χ0n) is 17.2. The van der Waals surface area contributed by atoms with Crippen LogP contribution in [0.25, 0.3) is 0 Å². The van der Waals surface area contributed by atoms with E-state index in [4.69, 9.17) is 4.74 Å². The number of nitrogens with one attached hydrogen (secondary N) is 3. The second-order valence-electron chi connectivity index (χ2n) is 7.09. The zero-order chi connectivity index (χ0) is 19.6. The SMILES string of the molecule is CCCCC(CNC(=O)OC(C)(C)C)NC(=NC)NCc1ncnn1C.I. The van der Waals surface area contributed by atoms with Crippen molar-refractivity contribution in [1.82, 2.24) is 30.7 Å². The molecule has 1 rings (SSSR count). The Bertz CT molecular complexity index is 584. The summed E-state index contributed by atoms with van der Waals surface area (Å²) in [5, 5.41) is 13.4. The topological polar surface area (TPSA) is 105 Å². The first-order valence-corrected chi connectivity index (χ1v) is 9.02. The van der Waals surface area contributed by atoms with Gasteiger partial charge in [0.2, 0.25) is 0 Å². The first-order valence-electron chi connectivity index (χ1n) is 9.02. The van der Waals surface area contributed by atoms with E-state index in [1.807, 2.05) is 27.8 Å². The van der Waals surface area contributed by atoms with Crippen LogP contribution >= 0.6 is 24.0 Å². The normalized spacial score (nSPS) is 12.7. The molecule has 1 atom stereocenters. The lowest BCUT2D eigenvalue weighted by molar-refractivity contribution is 0.0523. The van der Waals surface area contributed by atoms with Crippen LogP contribution in [0.4, 0.5) is 4.79 Å². The second kappa shape index (κ2) is 12.7. The second-order valence-corrected chi connectivity index (χ2v) is 7.09. The number of carbonyl (C=O) groups excluding carboxylic acids is 1. The van der Waals surface area contributed by atoms with E-state index in [1.165, 1.54) is 6.33 Å². The van der Waals surface area contributed by atoms with Gasteiger partial charge in [-0.2, -0.15) is 5.10 Å². The molecule has 0 bridgehead atoms. The minimum atomic E-state index is -0.510. The number of ether oxygens (including phenoxy) is 1. The fourth-order valence-corrected chi connectivity index (χ4v) is 2.23. The van der Waals surface area contributed by atoms with Crippen LogP contribution in [-0.4, -0.2) is 52.1 Å². The maximum Gasteiger partial charge on any atom is 0.407 e. The van der Waals surface area contributed by atoms with Crippen molar-refractivity contribution in [3.63, 3.8) is 0 Å². The number of nitrogens with zero attached hydrogens (tertiary/aromatic N) is 4. The van der Waals surface area contributed by atoms with E-state index in [0.717, 1.165) is 25.1 Å². The van der Waals surface area contributed by atoms with Gasteiger partial charge in [0.1, 0.15) is 17.8 Å². The van der Waals surface area contributed by atoms with Crippen molar-refractivity contribution in [3.05, 3.63) is 12.2 Å². The van der Waals surface area contributed by atoms with Crippen LogP contribution in [0.3, 0.4) is 0 Å². The molecule has 0 saturated carbocycles. The highest BCUT2D eigenvalue weighted by atomic mass is 127. The number of unbranched alkanes of at least 4 members (excludes halogenated alkanes) is 1. The average Bonchev–Trinajstić information content (AvgIpc) is 2.96. The van der Waals surface area contributed by atoms with Gasteiger partial charge in [0, 0.05) is 26.7 Å². The summed E-state index contributed by atoms with van der Waals surface area (Å²) in [4.78, 5) is 20.3. The lowest BCUT2D eigenvalue weighted by Crippen LogP contribution is -2.49. The molecule has 0 aliphatic carbocycles. The first-order chi connectivity index (χ1) is 12.2. The van der Waals surface area contributed by atoms with E-state index in [-0.39, 0.29) is 30.0 Å². The van der Waals surface area contributed by atoms with Gasteiger partial charge in [-0.05, 0) is 27.2 Å². The third kappa shape index (κ3) is 11.0. The highest BCUT2D eigenvalue weighted by Crippen LogP contribution is 2.07. The highest BCUT2D eigenvalue weighted by molar-refractivity contribution is 14.0. The molecular formula is C17H34IN7O2. The Morgan fingerprint density at radius 3 is 2.59 bits per heavy atom. The minimum Gasteiger partial charge on any atom is -0.444 e. The maximum absolute atomic E-state index is 11.9. The number of amides is 1. The summed E-state index contributed by atoms with van der Waals surface area (Å²) in [6.07, 6.45) is 4.14. The third-order valence-electron chi connectivity index (χ3n) is 3.58. The number of guanidine groups is 1. The van der Waals surface area contributed by atoms with Crippen LogP contribution in [0.1, 0.15) is 52.8 Å². The predicted octanol–water partition coefficient (Wildman–Crippen LogP) is 2.18. The monoisotopic (exact) mass is 495 g/mol. The lowest BCUT2D eigenvalue weighted by atomic mass is 10.1.